The number of hydrogen-bond acceptors (Lipinski definition) is 7. The molecule has 0 atom stereocenters. The minimum absolute atomic E-state index is 0.0861. The first kappa shape index (κ1) is 20.9. The molecule has 0 radical (unpaired) electrons. The molecule has 0 aliphatic carbocycles. The lowest BCUT2D eigenvalue weighted by Crippen LogP contribution is -2.28. The highest BCUT2D eigenvalue weighted by Gasteiger charge is 2.13. The number of carbonyl (C=O) groups is 1. The third-order valence-corrected chi connectivity index (χ3v) is 4.66. The summed E-state index contributed by atoms with van der Waals surface area (Å²) in [5.41, 5.74) is 1.64. The highest BCUT2D eigenvalue weighted by atomic mass is 35.5. The van der Waals surface area contributed by atoms with Crippen LogP contribution in [0.1, 0.15) is 25.3 Å². The van der Waals surface area contributed by atoms with Crippen LogP contribution in [0.4, 0.5) is 0 Å². The van der Waals surface area contributed by atoms with Gasteiger partial charge in [0.2, 0.25) is 5.82 Å². The molecule has 29 heavy (non-hydrogen) atoms. The Morgan fingerprint density at radius 2 is 2.14 bits per heavy atom. The van der Waals surface area contributed by atoms with E-state index in [9.17, 15) is 4.79 Å². The van der Waals surface area contributed by atoms with Gasteiger partial charge in [-0.25, -0.2) is 0 Å². The van der Waals surface area contributed by atoms with E-state index in [1.54, 1.807) is 35.6 Å². The Labute approximate surface area is 177 Å². The van der Waals surface area contributed by atoms with Crippen molar-refractivity contribution in [1.82, 2.24) is 15.5 Å². The molecule has 1 aromatic carbocycles. The van der Waals surface area contributed by atoms with Crippen LogP contribution in [0.2, 0.25) is 0 Å². The summed E-state index contributed by atoms with van der Waals surface area (Å²) in [7, 11) is 0. The molecule has 1 N–H and O–H groups in total. The van der Waals surface area contributed by atoms with Crippen molar-refractivity contribution in [3.05, 3.63) is 46.5 Å². The van der Waals surface area contributed by atoms with Crippen molar-refractivity contribution in [3.63, 3.8) is 0 Å². The Morgan fingerprint density at radius 3 is 2.86 bits per heavy atom. The van der Waals surface area contributed by atoms with Gasteiger partial charge in [0.05, 0.1) is 6.61 Å². The number of nitrogens with one attached hydrogen (secondary N) is 1. The molecule has 0 bridgehead atoms. The number of hydrogen-bond donors (Lipinski definition) is 1. The summed E-state index contributed by atoms with van der Waals surface area (Å²) in [5, 5.41) is 10.8. The Hall–Kier alpha value is -2.84. The van der Waals surface area contributed by atoms with Gasteiger partial charge >= 0.3 is 0 Å². The van der Waals surface area contributed by atoms with E-state index in [0.717, 1.165) is 11.1 Å². The monoisotopic (exact) mass is 433 g/mol. The predicted octanol–water partition coefficient (Wildman–Crippen LogP) is 4.45. The van der Waals surface area contributed by atoms with Crippen LogP contribution in [0.15, 0.2) is 39.5 Å². The normalized spacial score (nSPS) is 11.3. The minimum atomic E-state index is -0.195. The quantitative estimate of drug-likeness (QED) is 0.536. The van der Waals surface area contributed by atoms with Crippen LogP contribution in [-0.4, -0.2) is 35.8 Å². The van der Waals surface area contributed by atoms with Gasteiger partial charge in [0.15, 0.2) is 18.1 Å². The maximum Gasteiger partial charge on any atom is 0.269 e. The number of nitrogens with zero attached hydrogens (tertiary/aromatic N) is 2. The van der Waals surface area contributed by atoms with E-state index in [1.807, 2.05) is 30.7 Å². The maximum absolute atomic E-state index is 11.6. The number of halogens is 1. The molecule has 2 aromatic heterocycles. The number of thiophene rings is 1. The van der Waals surface area contributed by atoms with E-state index in [-0.39, 0.29) is 18.4 Å². The maximum atomic E-state index is 11.6. The molecule has 0 aliphatic rings. The van der Waals surface area contributed by atoms with Crippen molar-refractivity contribution < 1.29 is 18.8 Å². The van der Waals surface area contributed by atoms with Crippen LogP contribution < -0.4 is 14.8 Å². The van der Waals surface area contributed by atoms with Gasteiger partial charge in [-0.2, -0.15) is 16.3 Å². The topological polar surface area (TPSA) is 86.5 Å². The summed E-state index contributed by atoms with van der Waals surface area (Å²) < 4.78 is 16.4. The van der Waals surface area contributed by atoms with Gasteiger partial charge in [-0.15, -0.1) is 0 Å². The van der Waals surface area contributed by atoms with Gasteiger partial charge in [-0.05, 0) is 49.1 Å². The number of benzene rings is 1. The zero-order valence-electron chi connectivity index (χ0n) is 16.0. The predicted molar refractivity (Wildman–Crippen MR) is 113 cm³/mol. The molecule has 0 spiro atoms. The molecule has 3 rings (SSSR count). The summed E-state index contributed by atoms with van der Waals surface area (Å²) in [5.74, 6) is 1.50. The van der Waals surface area contributed by atoms with E-state index in [4.69, 9.17) is 25.6 Å². The van der Waals surface area contributed by atoms with Gasteiger partial charge in [0.25, 0.3) is 11.8 Å². The molecule has 7 nitrogen and oxygen atoms in total. The van der Waals surface area contributed by atoms with Gasteiger partial charge in [-0.3, -0.25) is 4.79 Å². The largest absolute Gasteiger partial charge is 0.490 e. The third-order valence-electron chi connectivity index (χ3n) is 3.70. The van der Waals surface area contributed by atoms with Gasteiger partial charge in [0, 0.05) is 17.5 Å². The number of likely N-dealkylation sites (N-methyl/N-ethyl adjacent to an activating group) is 1. The highest BCUT2D eigenvalue weighted by molar-refractivity contribution is 7.08. The van der Waals surface area contributed by atoms with Crippen molar-refractivity contribution in [2.75, 3.05) is 19.8 Å². The molecular formula is C20H20ClN3O4S. The second kappa shape index (κ2) is 10.1. The summed E-state index contributed by atoms with van der Waals surface area (Å²) in [4.78, 5) is 15.9. The van der Waals surface area contributed by atoms with Crippen molar-refractivity contribution in [1.29, 1.82) is 0 Å². The molecule has 0 fully saturated rings. The zero-order chi connectivity index (χ0) is 20.6. The van der Waals surface area contributed by atoms with Crippen molar-refractivity contribution in [2.45, 2.75) is 13.8 Å². The molecular weight excluding hydrogens is 414 g/mol. The average molecular weight is 434 g/mol. The molecule has 1 amide bonds. The molecule has 3 aromatic rings. The Morgan fingerprint density at radius 1 is 1.28 bits per heavy atom. The smallest absolute Gasteiger partial charge is 0.269 e. The van der Waals surface area contributed by atoms with Crippen molar-refractivity contribution >= 4 is 40.0 Å². The van der Waals surface area contributed by atoms with E-state index in [0.29, 0.717) is 35.5 Å². The molecule has 0 unspecified atom stereocenters. The van der Waals surface area contributed by atoms with Gasteiger partial charge in [-0.1, -0.05) is 22.8 Å². The van der Waals surface area contributed by atoms with E-state index in [1.165, 1.54) is 0 Å². The van der Waals surface area contributed by atoms with Crippen LogP contribution in [0, 0.1) is 0 Å². The number of amides is 1. The van der Waals surface area contributed by atoms with Gasteiger partial charge < -0.3 is 19.3 Å². The molecule has 9 heteroatoms. The van der Waals surface area contributed by atoms with Gasteiger partial charge in [0.1, 0.15) is 5.03 Å². The summed E-state index contributed by atoms with van der Waals surface area (Å²) in [6.07, 6.45) is 1.70. The minimum Gasteiger partial charge on any atom is -0.490 e. The number of rotatable bonds is 9. The van der Waals surface area contributed by atoms with E-state index in [2.05, 4.69) is 15.5 Å². The van der Waals surface area contributed by atoms with Crippen LogP contribution in [0.5, 0.6) is 11.5 Å². The Bertz CT molecular complexity index is 986. The zero-order valence-corrected chi connectivity index (χ0v) is 17.5. The summed E-state index contributed by atoms with van der Waals surface area (Å²) in [6, 6.07) is 7.21. The SMILES string of the molecule is CCNC(=O)COc1ccc(C=C(Cl)c2nc(-c3ccsc3)no2)cc1OCC. The third kappa shape index (κ3) is 5.58. The molecule has 0 aliphatic heterocycles. The molecule has 2 heterocycles. The fraction of sp³-hybridized carbons (Fsp3) is 0.250. The fourth-order valence-corrected chi connectivity index (χ4v) is 3.27. The molecule has 0 saturated heterocycles. The first-order valence-electron chi connectivity index (χ1n) is 9.01. The molecule has 0 saturated carbocycles. The van der Waals surface area contributed by atoms with E-state index < -0.39 is 0 Å². The fourth-order valence-electron chi connectivity index (χ4n) is 2.43. The number of carbonyl (C=O) groups excluding carboxylic acids is 1. The number of ether oxygens (including phenoxy) is 2. The highest BCUT2D eigenvalue weighted by Crippen LogP contribution is 2.31. The summed E-state index contributed by atoms with van der Waals surface area (Å²) in [6.45, 7) is 4.63. The second-order valence-corrected chi connectivity index (χ2v) is 7.00. The Kier molecular flexibility index (Phi) is 7.26. The van der Waals surface area contributed by atoms with Crippen molar-refractivity contribution in [3.8, 4) is 22.9 Å². The molecule has 152 valence electrons. The lowest BCUT2D eigenvalue weighted by atomic mass is 10.2. The lowest BCUT2D eigenvalue weighted by Gasteiger charge is -2.12. The van der Waals surface area contributed by atoms with Crippen LogP contribution in [-0.2, 0) is 4.79 Å². The van der Waals surface area contributed by atoms with Crippen LogP contribution >= 0.6 is 22.9 Å². The first-order chi connectivity index (χ1) is 14.1. The first-order valence-corrected chi connectivity index (χ1v) is 10.3. The standard InChI is InChI=1S/C20H20ClN3O4S/c1-3-22-18(25)11-27-16-6-5-13(10-17(16)26-4-2)9-15(21)20-23-19(24-28-20)14-7-8-29-12-14/h5-10,12H,3-4,11H2,1-2H3,(H,22,25). The lowest BCUT2D eigenvalue weighted by molar-refractivity contribution is -0.123. The number of aromatic nitrogens is 2. The second-order valence-electron chi connectivity index (χ2n) is 5.81. The summed E-state index contributed by atoms with van der Waals surface area (Å²) >= 11 is 7.92. The van der Waals surface area contributed by atoms with Crippen LogP contribution in [0.25, 0.3) is 22.5 Å². The Balaban J connectivity index is 1.77. The van der Waals surface area contributed by atoms with Crippen molar-refractivity contribution in [2.24, 2.45) is 0 Å². The van der Waals surface area contributed by atoms with E-state index >= 15 is 0 Å². The van der Waals surface area contributed by atoms with Crippen LogP contribution in [0.3, 0.4) is 0 Å². The average Bonchev–Trinajstić information content (AvgIpc) is 3.39.